The first-order valence-corrected chi connectivity index (χ1v) is 13.2. The number of β-amino-alcohol motifs (C(OH)–C–C–N with tert-alkyl or cyclic N) is 1. The number of aromatic nitrogens is 4. The van der Waals surface area contributed by atoms with Gasteiger partial charge in [-0.05, 0) is 56.0 Å². The molecule has 1 saturated heterocycles. The van der Waals surface area contributed by atoms with Crippen LogP contribution in [0.5, 0.6) is 0 Å². The smallest absolute Gasteiger partial charge is 0.270 e. The Balaban J connectivity index is 1.28. The molecule has 0 atom stereocenters. The number of nitrogens with one attached hydrogen (secondary N) is 1. The van der Waals surface area contributed by atoms with Crippen LogP contribution in [0.4, 0.5) is 11.6 Å². The van der Waals surface area contributed by atoms with Crippen LogP contribution in [0, 0.1) is 11.3 Å². The minimum Gasteiger partial charge on any atom is -0.395 e. The second kappa shape index (κ2) is 9.96. The molecule has 2 N–H and O–H groups in total. The lowest BCUT2D eigenvalue weighted by Crippen LogP contribution is -2.36. The summed E-state index contributed by atoms with van der Waals surface area (Å²) in [6, 6.07) is 12.6. The van der Waals surface area contributed by atoms with Gasteiger partial charge in [-0.2, -0.15) is 10.2 Å². The molecule has 9 nitrogen and oxygen atoms in total. The Morgan fingerprint density at radius 2 is 1.86 bits per heavy atom. The fourth-order valence-corrected chi connectivity index (χ4v) is 6.01. The van der Waals surface area contributed by atoms with Gasteiger partial charge < -0.3 is 19.9 Å². The monoisotopic (exact) mass is 497 g/mol. The summed E-state index contributed by atoms with van der Waals surface area (Å²) in [6.45, 7) is 2.98. The molecule has 1 aromatic carbocycles. The van der Waals surface area contributed by atoms with E-state index in [9.17, 15) is 15.2 Å². The second-order valence-electron chi connectivity index (χ2n) is 10.2. The average Bonchev–Trinajstić information content (AvgIpc) is 3.59. The standard InChI is InChI=1S/C28H31N7O2/c29-17-20-15-21-18-30-28(32-26(21)35(27(20)37)24-3-1-2-4-24)31-22-5-6-25-19(16-22)7-12-34(25)23-8-10-33(11-9-23)13-14-36/h5-7,12,15-16,18,23-24,36H,1-4,8-11,13-14H2,(H,30,31,32). The van der Waals surface area contributed by atoms with Crippen molar-refractivity contribution in [2.24, 2.45) is 0 Å². The Kier molecular flexibility index (Phi) is 6.37. The number of anilines is 2. The van der Waals surface area contributed by atoms with E-state index in [1.807, 2.05) is 12.1 Å². The van der Waals surface area contributed by atoms with Crippen molar-refractivity contribution in [3.8, 4) is 6.07 Å². The van der Waals surface area contributed by atoms with Gasteiger partial charge in [-0.15, -0.1) is 0 Å². The number of aliphatic hydroxyl groups excluding tert-OH is 1. The molecule has 0 radical (unpaired) electrons. The van der Waals surface area contributed by atoms with E-state index in [0.29, 0.717) is 23.0 Å². The van der Waals surface area contributed by atoms with E-state index in [0.717, 1.165) is 69.2 Å². The lowest BCUT2D eigenvalue weighted by Gasteiger charge is -2.32. The quantitative estimate of drug-likeness (QED) is 0.412. The van der Waals surface area contributed by atoms with Crippen molar-refractivity contribution < 1.29 is 5.11 Å². The third-order valence-electron chi connectivity index (χ3n) is 7.93. The van der Waals surface area contributed by atoms with Crippen molar-refractivity contribution in [3.63, 3.8) is 0 Å². The number of hydrogen-bond donors (Lipinski definition) is 2. The Morgan fingerprint density at radius 1 is 1.05 bits per heavy atom. The van der Waals surface area contributed by atoms with Crippen LogP contribution in [-0.4, -0.2) is 55.3 Å². The van der Waals surface area contributed by atoms with Crippen LogP contribution in [0.25, 0.3) is 21.9 Å². The zero-order chi connectivity index (χ0) is 25.4. The summed E-state index contributed by atoms with van der Waals surface area (Å²) in [6.07, 6.45) is 10.0. The molecule has 0 amide bonds. The number of rotatable bonds is 6. The molecule has 0 unspecified atom stereocenters. The summed E-state index contributed by atoms with van der Waals surface area (Å²) in [5, 5.41) is 23.8. The van der Waals surface area contributed by atoms with Gasteiger partial charge in [0, 0.05) is 66.1 Å². The zero-order valence-electron chi connectivity index (χ0n) is 20.8. The number of fused-ring (bicyclic) bond motifs is 2. The highest BCUT2D eigenvalue weighted by Crippen LogP contribution is 2.32. The van der Waals surface area contributed by atoms with E-state index in [4.69, 9.17) is 4.98 Å². The summed E-state index contributed by atoms with van der Waals surface area (Å²) in [5.74, 6) is 0.429. The predicted molar refractivity (Wildman–Crippen MR) is 143 cm³/mol. The maximum Gasteiger partial charge on any atom is 0.270 e. The van der Waals surface area contributed by atoms with E-state index in [1.165, 1.54) is 5.52 Å². The number of nitriles is 1. The van der Waals surface area contributed by atoms with Crippen LogP contribution < -0.4 is 10.9 Å². The van der Waals surface area contributed by atoms with Gasteiger partial charge in [0.15, 0.2) is 0 Å². The van der Waals surface area contributed by atoms with Gasteiger partial charge in [0.05, 0.1) is 6.61 Å². The van der Waals surface area contributed by atoms with Crippen LogP contribution in [0.3, 0.4) is 0 Å². The van der Waals surface area contributed by atoms with Crippen LogP contribution in [0.15, 0.2) is 47.5 Å². The number of likely N-dealkylation sites (tertiary alicyclic amines) is 1. The van der Waals surface area contributed by atoms with E-state index in [2.05, 4.69) is 44.2 Å². The highest BCUT2D eigenvalue weighted by molar-refractivity contribution is 5.85. The Morgan fingerprint density at radius 3 is 2.62 bits per heavy atom. The molecular formula is C28H31N7O2. The Bertz CT molecular complexity index is 1540. The molecule has 4 heterocycles. The van der Waals surface area contributed by atoms with Crippen LogP contribution >= 0.6 is 0 Å². The molecule has 0 bridgehead atoms. The molecule has 37 heavy (non-hydrogen) atoms. The van der Waals surface area contributed by atoms with Gasteiger partial charge in [-0.1, -0.05) is 12.8 Å². The number of hydrogen-bond acceptors (Lipinski definition) is 7. The number of aliphatic hydroxyl groups is 1. The van der Waals surface area contributed by atoms with Crippen LogP contribution in [0.1, 0.15) is 56.2 Å². The van der Waals surface area contributed by atoms with Gasteiger partial charge in [0.25, 0.3) is 5.56 Å². The molecule has 190 valence electrons. The second-order valence-corrected chi connectivity index (χ2v) is 10.2. The molecule has 4 aromatic rings. The summed E-state index contributed by atoms with van der Waals surface area (Å²) in [5.41, 5.74) is 2.53. The van der Waals surface area contributed by atoms with E-state index in [1.54, 1.807) is 16.8 Å². The van der Waals surface area contributed by atoms with Gasteiger partial charge in [-0.3, -0.25) is 9.36 Å². The van der Waals surface area contributed by atoms with Crippen LogP contribution in [0.2, 0.25) is 0 Å². The van der Waals surface area contributed by atoms with Crippen molar-refractivity contribution >= 4 is 33.6 Å². The van der Waals surface area contributed by atoms with Gasteiger partial charge >= 0.3 is 0 Å². The highest BCUT2D eigenvalue weighted by atomic mass is 16.3. The third kappa shape index (κ3) is 4.47. The maximum atomic E-state index is 13.0. The largest absolute Gasteiger partial charge is 0.395 e. The molecule has 2 fully saturated rings. The topological polar surface area (TPSA) is 112 Å². The molecule has 9 heteroatoms. The predicted octanol–water partition coefficient (Wildman–Crippen LogP) is 4.11. The minimum absolute atomic E-state index is 0.0673. The summed E-state index contributed by atoms with van der Waals surface area (Å²) >= 11 is 0. The molecule has 2 aliphatic rings. The Labute approximate surface area is 215 Å². The molecule has 0 spiro atoms. The fraction of sp³-hybridized carbons (Fsp3) is 0.429. The molecule has 1 saturated carbocycles. The minimum atomic E-state index is -0.267. The van der Waals surface area contributed by atoms with E-state index >= 15 is 0 Å². The molecular weight excluding hydrogens is 466 g/mol. The number of piperidine rings is 1. The summed E-state index contributed by atoms with van der Waals surface area (Å²) < 4.78 is 4.08. The first-order valence-electron chi connectivity index (χ1n) is 13.2. The first kappa shape index (κ1) is 23.6. The molecule has 1 aliphatic carbocycles. The van der Waals surface area contributed by atoms with E-state index < -0.39 is 0 Å². The summed E-state index contributed by atoms with van der Waals surface area (Å²) in [4.78, 5) is 24.6. The first-order chi connectivity index (χ1) is 18.1. The van der Waals surface area contributed by atoms with Crippen LogP contribution in [-0.2, 0) is 0 Å². The van der Waals surface area contributed by atoms with Crippen molar-refractivity contribution in [3.05, 3.63) is 58.6 Å². The fourth-order valence-electron chi connectivity index (χ4n) is 6.01. The number of nitrogens with zero attached hydrogens (tertiary/aromatic N) is 6. The normalized spacial score (nSPS) is 17.5. The SMILES string of the molecule is N#Cc1cc2cnc(Nc3ccc4c(ccn4C4CCN(CCO)CC4)c3)nc2n(C2CCCC2)c1=O. The third-order valence-corrected chi connectivity index (χ3v) is 7.93. The molecule has 6 rings (SSSR count). The Hall–Kier alpha value is -3.74. The molecule has 1 aliphatic heterocycles. The lowest BCUT2D eigenvalue weighted by molar-refractivity contribution is 0.151. The van der Waals surface area contributed by atoms with Crippen molar-refractivity contribution in [2.75, 3.05) is 31.6 Å². The van der Waals surface area contributed by atoms with Crippen molar-refractivity contribution in [1.82, 2.24) is 24.0 Å². The van der Waals surface area contributed by atoms with Crippen molar-refractivity contribution in [2.45, 2.75) is 50.6 Å². The lowest BCUT2D eigenvalue weighted by atomic mass is 10.0. The maximum absolute atomic E-state index is 13.0. The average molecular weight is 498 g/mol. The van der Waals surface area contributed by atoms with Crippen molar-refractivity contribution in [1.29, 1.82) is 5.26 Å². The highest BCUT2D eigenvalue weighted by Gasteiger charge is 2.23. The van der Waals surface area contributed by atoms with Gasteiger partial charge in [0.1, 0.15) is 17.3 Å². The van der Waals surface area contributed by atoms with Gasteiger partial charge in [-0.25, -0.2) is 4.98 Å². The van der Waals surface area contributed by atoms with E-state index in [-0.39, 0.29) is 23.8 Å². The summed E-state index contributed by atoms with van der Waals surface area (Å²) in [7, 11) is 0. The zero-order valence-corrected chi connectivity index (χ0v) is 20.8. The number of pyridine rings is 1. The van der Waals surface area contributed by atoms with Gasteiger partial charge in [0.2, 0.25) is 5.95 Å². The molecule has 3 aromatic heterocycles. The number of benzene rings is 1.